The molecule has 0 aliphatic rings. The van der Waals surface area contributed by atoms with E-state index in [0.717, 1.165) is 11.1 Å². The summed E-state index contributed by atoms with van der Waals surface area (Å²) >= 11 is 0. The Labute approximate surface area is 131 Å². The summed E-state index contributed by atoms with van der Waals surface area (Å²) in [6, 6.07) is 13.7. The van der Waals surface area contributed by atoms with Gasteiger partial charge in [0.2, 0.25) is 10.0 Å². The minimum Gasteiger partial charge on any atom is -0.295 e. The van der Waals surface area contributed by atoms with Crippen LogP contribution in [0.25, 0.3) is 11.1 Å². The monoisotopic (exact) mass is 317 g/mol. The molecule has 22 heavy (non-hydrogen) atoms. The topological polar surface area (TPSA) is 63.2 Å². The molecule has 0 saturated heterocycles. The molecule has 0 saturated carbocycles. The zero-order valence-corrected chi connectivity index (χ0v) is 13.6. The average molecular weight is 317 g/mol. The molecule has 0 fully saturated rings. The molecule has 1 N–H and O–H groups in total. The van der Waals surface area contributed by atoms with E-state index in [1.165, 1.54) is 6.92 Å². The van der Waals surface area contributed by atoms with Crippen molar-refractivity contribution in [2.45, 2.75) is 31.7 Å². The van der Waals surface area contributed by atoms with E-state index in [1.54, 1.807) is 50.2 Å². The maximum Gasteiger partial charge on any atom is 0.240 e. The Morgan fingerprint density at radius 1 is 1.00 bits per heavy atom. The number of nitrogens with one attached hydrogen (secondary N) is 1. The van der Waals surface area contributed by atoms with Crippen molar-refractivity contribution in [3.8, 4) is 11.1 Å². The number of hydrogen-bond donors (Lipinski definition) is 1. The average Bonchev–Trinajstić information content (AvgIpc) is 2.46. The van der Waals surface area contributed by atoms with Crippen molar-refractivity contribution in [2.75, 3.05) is 0 Å². The van der Waals surface area contributed by atoms with Gasteiger partial charge in [-0.15, -0.1) is 0 Å². The Balaban J connectivity index is 2.33. The molecule has 4 nitrogen and oxygen atoms in total. The van der Waals surface area contributed by atoms with Gasteiger partial charge in [0.1, 0.15) is 0 Å². The SMILES string of the molecule is CC(=O)c1cccc(-c2ccc(S(=O)(=O)NC(C)C)cc2)c1. The number of hydrogen-bond acceptors (Lipinski definition) is 3. The van der Waals surface area contributed by atoms with E-state index in [0.29, 0.717) is 5.56 Å². The highest BCUT2D eigenvalue weighted by molar-refractivity contribution is 7.89. The van der Waals surface area contributed by atoms with Gasteiger partial charge in [-0.3, -0.25) is 4.79 Å². The van der Waals surface area contributed by atoms with Crippen molar-refractivity contribution < 1.29 is 13.2 Å². The number of rotatable bonds is 5. The summed E-state index contributed by atoms with van der Waals surface area (Å²) in [5, 5.41) is 0. The van der Waals surface area contributed by atoms with Crippen molar-refractivity contribution in [1.29, 1.82) is 0 Å². The van der Waals surface area contributed by atoms with E-state index in [-0.39, 0.29) is 16.7 Å². The van der Waals surface area contributed by atoms with Crippen LogP contribution in [0.15, 0.2) is 53.4 Å². The molecule has 0 spiro atoms. The summed E-state index contributed by atoms with van der Waals surface area (Å²) in [4.78, 5) is 11.7. The number of benzene rings is 2. The Bertz CT molecular complexity index is 778. The summed E-state index contributed by atoms with van der Waals surface area (Å²) in [6.07, 6.45) is 0. The third-order valence-corrected chi connectivity index (χ3v) is 4.83. The summed E-state index contributed by atoms with van der Waals surface area (Å²) in [7, 11) is -3.48. The highest BCUT2D eigenvalue weighted by Crippen LogP contribution is 2.22. The molecule has 0 aliphatic carbocycles. The second-order valence-electron chi connectivity index (χ2n) is 5.44. The third-order valence-electron chi connectivity index (χ3n) is 3.16. The number of carbonyl (C=O) groups excluding carboxylic acids is 1. The number of sulfonamides is 1. The molecule has 0 unspecified atom stereocenters. The molecule has 0 aliphatic heterocycles. The maximum absolute atomic E-state index is 12.1. The van der Waals surface area contributed by atoms with E-state index in [9.17, 15) is 13.2 Å². The van der Waals surface area contributed by atoms with Crippen LogP contribution in [0.5, 0.6) is 0 Å². The van der Waals surface area contributed by atoms with Gasteiger partial charge in [-0.05, 0) is 50.1 Å². The molecule has 0 heterocycles. The second kappa shape index (κ2) is 6.42. The predicted molar refractivity (Wildman–Crippen MR) is 87.3 cm³/mol. The molecule has 2 aromatic carbocycles. The maximum atomic E-state index is 12.1. The van der Waals surface area contributed by atoms with Crippen LogP contribution in [-0.4, -0.2) is 20.2 Å². The standard InChI is InChI=1S/C17H19NO3S/c1-12(2)18-22(20,21)17-9-7-14(8-10-17)16-6-4-5-15(11-16)13(3)19/h4-12,18H,1-3H3. The van der Waals surface area contributed by atoms with Gasteiger partial charge in [0.05, 0.1) is 4.90 Å². The van der Waals surface area contributed by atoms with E-state index in [1.807, 2.05) is 12.1 Å². The van der Waals surface area contributed by atoms with Crippen LogP contribution >= 0.6 is 0 Å². The van der Waals surface area contributed by atoms with E-state index in [2.05, 4.69) is 4.72 Å². The molecule has 0 amide bonds. The van der Waals surface area contributed by atoms with Crippen molar-refractivity contribution >= 4 is 15.8 Å². The summed E-state index contributed by atoms with van der Waals surface area (Å²) in [5.74, 6) is 0.00202. The first kappa shape index (κ1) is 16.4. The molecular formula is C17H19NO3S. The van der Waals surface area contributed by atoms with E-state index in [4.69, 9.17) is 0 Å². The van der Waals surface area contributed by atoms with E-state index >= 15 is 0 Å². The Morgan fingerprint density at radius 2 is 1.64 bits per heavy atom. The largest absolute Gasteiger partial charge is 0.295 e. The highest BCUT2D eigenvalue weighted by Gasteiger charge is 2.15. The van der Waals surface area contributed by atoms with Gasteiger partial charge in [-0.1, -0.05) is 30.3 Å². The number of Topliss-reactive ketones (excluding diaryl/α,β-unsaturated/α-hetero) is 1. The molecule has 0 radical (unpaired) electrons. The fourth-order valence-electron chi connectivity index (χ4n) is 2.12. The van der Waals surface area contributed by atoms with E-state index < -0.39 is 10.0 Å². The van der Waals surface area contributed by atoms with Crippen molar-refractivity contribution in [3.63, 3.8) is 0 Å². The molecule has 0 bridgehead atoms. The van der Waals surface area contributed by atoms with Crippen LogP contribution in [0.3, 0.4) is 0 Å². The van der Waals surface area contributed by atoms with Gasteiger partial charge in [-0.2, -0.15) is 0 Å². The minimum absolute atomic E-state index is 0.00202. The normalized spacial score (nSPS) is 11.6. The molecule has 0 atom stereocenters. The van der Waals surface area contributed by atoms with Crippen LogP contribution in [0.4, 0.5) is 0 Å². The second-order valence-corrected chi connectivity index (χ2v) is 7.15. The van der Waals surface area contributed by atoms with Crippen molar-refractivity contribution in [2.24, 2.45) is 0 Å². The first-order valence-corrected chi connectivity index (χ1v) is 8.51. The Hall–Kier alpha value is -1.98. The van der Waals surface area contributed by atoms with Gasteiger partial charge >= 0.3 is 0 Å². The predicted octanol–water partition coefficient (Wildman–Crippen LogP) is 3.24. The molecular weight excluding hydrogens is 298 g/mol. The first-order valence-electron chi connectivity index (χ1n) is 7.03. The molecule has 2 rings (SSSR count). The lowest BCUT2D eigenvalue weighted by atomic mass is 10.0. The fourth-order valence-corrected chi connectivity index (χ4v) is 3.37. The van der Waals surface area contributed by atoms with Crippen LogP contribution in [0, 0.1) is 0 Å². The van der Waals surface area contributed by atoms with Crippen molar-refractivity contribution in [1.82, 2.24) is 4.72 Å². The third kappa shape index (κ3) is 3.81. The molecule has 116 valence electrons. The van der Waals surface area contributed by atoms with Crippen LogP contribution in [-0.2, 0) is 10.0 Å². The zero-order chi connectivity index (χ0) is 16.3. The van der Waals surface area contributed by atoms with Gasteiger partial charge in [0.25, 0.3) is 0 Å². The summed E-state index contributed by atoms with van der Waals surface area (Å²) < 4.78 is 26.7. The number of carbonyl (C=O) groups is 1. The Morgan fingerprint density at radius 3 is 2.18 bits per heavy atom. The summed E-state index contributed by atoms with van der Waals surface area (Å²) in [5.41, 5.74) is 2.38. The molecule has 5 heteroatoms. The first-order chi connectivity index (χ1) is 10.3. The lowest BCUT2D eigenvalue weighted by Gasteiger charge is -2.10. The zero-order valence-electron chi connectivity index (χ0n) is 12.8. The summed E-state index contributed by atoms with van der Waals surface area (Å²) in [6.45, 7) is 5.07. The van der Waals surface area contributed by atoms with Crippen LogP contribution < -0.4 is 4.72 Å². The van der Waals surface area contributed by atoms with Gasteiger partial charge < -0.3 is 0 Å². The molecule has 0 aromatic heterocycles. The lowest BCUT2D eigenvalue weighted by molar-refractivity contribution is 0.101. The van der Waals surface area contributed by atoms with Gasteiger partial charge in [0.15, 0.2) is 5.78 Å². The fraction of sp³-hybridized carbons (Fsp3) is 0.235. The number of ketones is 1. The van der Waals surface area contributed by atoms with Gasteiger partial charge in [-0.25, -0.2) is 13.1 Å². The smallest absolute Gasteiger partial charge is 0.240 e. The Kier molecular flexibility index (Phi) is 4.78. The van der Waals surface area contributed by atoms with Gasteiger partial charge in [0, 0.05) is 11.6 Å². The lowest BCUT2D eigenvalue weighted by Crippen LogP contribution is -2.30. The van der Waals surface area contributed by atoms with Crippen LogP contribution in [0.2, 0.25) is 0 Å². The minimum atomic E-state index is -3.48. The van der Waals surface area contributed by atoms with Crippen LogP contribution in [0.1, 0.15) is 31.1 Å². The molecule has 2 aromatic rings. The van der Waals surface area contributed by atoms with Crippen molar-refractivity contribution in [3.05, 3.63) is 54.1 Å². The highest BCUT2D eigenvalue weighted by atomic mass is 32.2. The quantitative estimate of drug-likeness (QED) is 0.861.